The molecule has 0 saturated carbocycles. The number of hydrogen-bond donors (Lipinski definition) is 1. The average Bonchev–Trinajstić information content (AvgIpc) is 2.02. The van der Waals surface area contributed by atoms with Crippen molar-refractivity contribution in [1.29, 1.82) is 0 Å². The third kappa shape index (κ3) is 22.8. The monoisotopic (exact) mass is 315 g/mol. The van der Waals surface area contributed by atoms with Crippen LogP contribution in [0.3, 0.4) is 0 Å². The first-order valence-electron chi connectivity index (χ1n) is 4.47. The molecule has 0 aromatic rings. The summed E-state index contributed by atoms with van der Waals surface area (Å²) in [6, 6.07) is 0. The van der Waals surface area contributed by atoms with Gasteiger partial charge in [0.25, 0.3) is 0 Å². The summed E-state index contributed by atoms with van der Waals surface area (Å²) in [7, 11) is 6.00. The molecule has 0 bridgehead atoms. The minimum absolute atomic E-state index is 0.333. The van der Waals surface area contributed by atoms with Crippen molar-refractivity contribution in [3.8, 4) is 0 Å². The van der Waals surface area contributed by atoms with Crippen LogP contribution in [-0.4, -0.2) is 54.9 Å². The Kier molecular flexibility index (Phi) is 13.7. The predicted octanol–water partition coefficient (Wildman–Crippen LogP) is 1.55. The molecule has 14 heavy (non-hydrogen) atoms. The second kappa shape index (κ2) is 11.4. The van der Waals surface area contributed by atoms with E-state index in [0.29, 0.717) is 17.6 Å². The number of hydrogen-bond acceptors (Lipinski definition) is 3. The van der Waals surface area contributed by atoms with Crippen LogP contribution in [0.5, 0.6) is 0 Å². The van der Waals surface area contributed by atoms with Crippen LogP contribution in [-0.2, 0) is 4.74 Å². The van der Waals surface area contributed by atoms with Gasteiger partial charge in [0.1, 0.15) is 0 Å². The van der Waals surface area contributed by atoms with E-state index in [-0.39, 0.29) is 6.10 Å². The van der Waals surface area contributed by atoms with E-state index < -0.39 is 0 Å². The van der Waals surface area contributed by atoms with Crippen LogP contribution in [0.25, 0.3) is 0 Å². The number of aliphatic hydroxyl groups excluding tert-OH is 1. The van der Waals surface area contributed by atoms with Crippen molar-refractivity contribution in [2.75, 3.05) is 38.8 Å². The van der Waals surface area contributed by atoms with E-state index in [1.165, 1.54) is 0 Å². The number of rotatable bonds is 5. The summed E-state index contributed by atoms with van der Waals surface area (Å²) < 4.78 is 5.81. The van der Waals surface area contributed by atoms with Crippen molar-refractivity contribution >= 4 is 22.6 Å². The minimum Gasteiger partial charge on any atom is -0.390 e. The molecule has 0 aromatic heterocycles. The second-order valence-corrected chi connectivity index (χ2v) is 4.50. The van der Waals surface area contributed by atoms with Crippen LogP contribution < -0.4 is 0 Å². The fourth-order valence-corrected chi connectivity index (χ4v) is 0.668. The van der Waals surface area contributed by atoms with Crippen molar-refractivity contribution in [2.45, 2.75) is 13.0 Å². The van der Waals surface area contributed by atoms with E-state index >= 15 is 0 Å². The maximum absolute atomic E-state index is 9.01. The summed E-state index contributed by atoms with van der Waals surface area (Å²) in [6.45, 7) is 6.53. The fourth-order valence-electron chi connectivity index (χ4n) is 0.414. The summed E-state index contributed by atoms with van der Waals surface area (Å²) in [4.78, 5) is 2.00. The van der Waals surface area contributed by atoms with Gasteiger partial charge in [0, 0.05) is 4.43 Å². The Morgan fingerprint density at radius 1 is 1.50 bits per heavy atom. The third-order valence-corrected chi connectivity index (χ3v) is 1.85. The smallest absolute Gasteiger partial charge is 0.0862 e. The molecule has 0 aliphatic carbocycles. The van der Waals surface area contributed by atoms with Crippen LogP contribution in [0.2, 0.25) is 0 Å². The molecule has 1 unspecified atom stereocenters. The predicted molar refractivity (Wildman–Crippen MR) is 70.1 cm³/mol. The third-order valence-electron chi connectivity index (χ3n) is 0.837. The van der Waals surface area contributed by atoms with Gasteiger partial charge in [0.05, 0.1) is 19.3 Å². The lowest BCUT2D eigenvalue weighted by atomic mass is 10.4. The van der Waals surface area contributed by atoms with Crippen LogP contribution >= 0.6 is 22.6 Å². The SMILES string of the molecule is C=C(C)COCC(O)CI.CN(C)C. The van der Waals surface area contributed by atoms with Gasteiger partial charge >= 0.3 is 0 Å². The zero-order chi connectivity index (χ0) is 11.6. The molecule has 0 heterocycles. The van der Waals surface area contributed by atoms with Gasteiger partial charge in [-0.15, -0.1) is 0 Å². The lowest BCUT2D eigenvalue weighted by Crippen LogP contribution is -2.16. The van der Waals surface area contributed by atoms with Crippen LogP contribution in [0.1, 0.15) is 6.92 Å². The Labute approximate surface area is 101 Å². The molecule has 3 nitrogen and oxygen atoms in total. The first-order chi connectivity index (χ1) is 6.40. The molecule has 0 fully saturated rings. The molecule has 4 heteroatoms. The molecule has 0 rings (SSSR count). The van der Waals surface area contributed by atoms with E-state index in [0.717, 1.165) is 5.57 Å². The number of ether oxygens (including phenoxy) is 1. The van der Waals surface area contributed by atoms with Crippen molar-refractivity contribution in [3.63, 3.8) is 0 Å². The number of aliphatic hydroxyl groups is 1. The molecular weight excluding hydrogens is 293 g/mol. The Hall–Kier alpha value is 0.350. The van der Waals surface area contributed by atoms with Crippen molar-refractivity contribution in [1.82, 2.24) is 4.90 Å². The molecule has 1 N–H and O–H groups in total. The molecule has 86 valence electrons. The zero-order valence-electron chi connectivity index (χ0n) is 9.59. The Bertz CT molecular complexity index is 137. The summed E-state index contributed by atoms with van der Waals surface area (Å²) in [6.07, 6.45) is -0.333. The van der Waals surface area contributed by atoms with Crippen molar-refractivity contribution < 1.29 is 9.84 Å². The minimum atomic E-state index is -0.333. The van der Waals surface area contributed by atoms with E-state index in [9.17, 15) is 0 Å². The van der Waals surface area contributed by atoms with E-state index in [4.69, 9.17) is 9.84 Å². The molecule has 0 aromatic carbocycles. The van der Waals surface area contributed by atoms with E-state index in [2.05, 4.69) is 29.2 Å². The van der Waals surface area contributed by atoms with E-state index in [1.807, 2.05) is 33.0 Å². The molecular formula is C10H22INO2. The van der Waals surface area contributed by atoms with Gasteiger partial charge in [-0.1, -0.05) is 34.7 Å². The Morgan fingerprint density at radius 2 is 1.93 bits per heavy atom. The van der Waals surface area contributed by atoms with Crippen LogP contribution in [0.15, 0.2) is 12.2 Å². The number of halogens is 1. The Balaban J connectivity index is 0. The van der Waals surface area contributed by atoms with E-state index in [1.54, 1.807) is 0 Å². The lowest BCUT2D eigenvalue weighted by molar-refractivity contribution is 0.0612. The van der Waals surface area contributed by atoms with Gasteiger partial charge in [0.2, 0.25) is 0 Å². The normalized spacial score (nSPS) is 11.9. The summed E-state index contributed by atoms with van der Waals surface area (Å²) in [5, 5.41) is 9.01. The zero-order valence-corrected chi connectivity index (χ0v) is 11.7. The fraction of sp³-hybridized carbons (Fsp3) is 0.800. The first kappa shape index (κ1) is 16.8. The molecule has 0 amide bonds. The lowest BCUT2D eigenvalue weighted by Gasteiger charge is -2.06. The summed E-state index contributed by atoms with van der Waals surface area (Å²) in [5.74, 6) is 0. The maximum Gasteiger partial charge on any atom is 0.0862 e. The van der Waals surface area contributed by atoms with Gasteiger partial charge < -0.3 is 14.7 Å². The number of alkyl halides is 1. The van der Waals surface area contributed by atoms with Gasteiger partial charge in [-0.3, -0.25) is 0 Å². The van der Waals surface area contributed by atoms with Crippen molar-refractivity contribution in [3.05, 3.63) is 12.2 Å². The Morgan fingerprint density at radius 3 is 2.21 bits per heavy atom. The average molecular weight is 315 g/mol. The summed E-state index contributed by atoms with van der Waals surface area (Å²) >= 11 is 2.12. The first-order valence-corrected chi connectivity index (χ1v) is 5.99. The van der Waals surface area contributed by atoms with Crippen LogP contribution in [0.4, 0.5) is 0 Å². The molecule has 0 aliphatic rings. The maximum atomic E-state index is 9.01. The quantitative estimate of drug-likeness (QED) is 0.475. The molecule has 0 aliphatic heterocycles. The molecule has 0 radical (unpaired) electrons. The molecule has 0 saturated heterocycles. The highest BCUT2D eigenvalue weighted by Gasteiger charge is 1.99. The molecule has 1 atom stereocenters. The topological polar surface area (TPSA) is 32.7 Å². The van der Waals surface area contributed by atoms with Crippen molar-refractivity contribution in [2.24, 2.45) is 0 Å². The molecule has 0 spiro atoms. The largest absolute Gasteiger partial charge is 0.390 e. The highest BCUT2D eigenvalue weighted by molar-refractivity contribution is 14.1. The highest BCUT2D eigenvalue weighted by Crippen LogP contribution is 1.94. The van der Waals surface area contributed by atoms with Gasteiger partial charge in [-0.25, -0.2) is 0 Å². The van der Waals surface area contributed by atoms with Gasteiger partial charge in [-0.2, -0.15) is 0 Å². The second-order valence-electron chi connectivity index (χ2n) is 3.62. The highest BCUT2D eigenvalue weighted by atomic mass is 127. The van der Waals surface area contributed by atoms with Gasteiger partial charge in [0.15, 0.2) is 0 Å². The standard InChI is InChI=1S/C7H13IO2.C3H9N/c1-6(2)4-10-5-7(9)3-8;1-4(2)3/h7,9H,1,3-5H2,2H3;1-3H3. The number of nitrogens with zero attached hydrogens (tertiary/aromatic N) is 1. The summed E-state index contributed by atoms with van der Waals surface area (Å²) in [5.41, 5.74) is 0.987. The van der Waals surface area contributed by atoms with Crippen LogP contribution in [0, 0.1) is 0 Å². The van der Waals surface area contributed by atoms with Gasteiger partial charge in [-0.05, 0) is 28.1 Å².